The maximum Gasteiger partial charge on any atom is 0.253 e. The molecule has 0 radical (unpaired) electrons. The van der Waals surface area contributed by atoms with Crippen LogP contribution in [0.15, 0.2) is 18.2 Å². The van der Waals surface area contributed by atoms with Crippen LogP contribution in [-0.4, -0.2) is 54.3 Å². The van der Waals surface area contributed by atoms with Crippen molar-refractivity contribution in [3.8, 4) is 0 Å². The predicted molar refractivity (Wildman–Crippen MR) is 83.9 cm³/mol. The Balaban J connectivity index is 2.03. The van der Waals surface area contributed by atoms with Crippen molar-refractivity contribution in [1.82, 2.24) is 9.80 Å². The number of amides is 1. The average molecular weight is 315 g/mol. The Hall–Kier alpha value is -0.770. The molecule has 0 unspecified atom stereocenters. The molecule has 20 heavy (non-hydrogen) atoms. The van der Waals surface area contributed by atoms with Crippen molar-refractivity contribution in [3.05, 3.63) is 34.3 Å². The average Bonchev–Trinajstić information content (AvgIpc) is 2.67. The van der Waals surface area contributed by atoms with Gasteiger partial charge in [-0.3, -0.25) is 4.79 Å². The second-order valence-corrected chi connectivity index (χ2v) is 5.93. The number of alkyl halides is 1. The lowest BCUT2D eigenvalue weighted by Gasteiger charge is -2.21. The molecule has 1 aromatic carbocycles. The molecule has 0 aliphatic carbocycles. The van der Waals surface area contributed by atoms with Crippen LogP contribution < -0.4 is 0 Å². The van der Waals surface area contributed by atoms with Crippen molar-refractivity contribution in [1.29, 1.82) is 0 Å². The number of aryl methyl sites for hydroxylation is 1. The van der Waals surface area contributed by atoms with E-state index in [1.165, 1.54) is 0 Å². The normalized spacial score (nSPS) is 17.1. The Morgan fingerprint density at radius 2 is 2.05 bits per heavy atom. The summed E-state index contributed by atoms with van der Waals surface area (Å²) < 4.78 is 0. The minimum atomic E-state index is 0.0949. The van der Waals surface area contributed by atoms with Crippen molar-refractivity contribution in [2.24, 2.45) is 0 Å². The van der Waals surface area contributed by atoms with Crippen LogP contribution in [0.25, 0.3) is 0 Å². The van der Waals surface area contributed by atoms with Gasteiger partial charge in [0.2, 0.25) is 0 Å². The third kappa shape index (κ3) is 3.87. The molecule has 1 amide bonds. The number of carbonyl (C=O) groups excluding carboxylic acids is 1. The zero-order valence-electron chi connectivity index (χ0n) is 11.7. The standard InChI is InChI=1S/C15H20Cl2N2O/c1-12-11-13(3-4-14(12)17)15(20)19-7-2-6-18(8-5-16)9-10-19/h3-4,11H,2,5-10H2,1H3. The topological polar surface area (TPSA) is 23.6 Å². The van der Waals surface area contributed by atoms with Gasteiger partial charge in [-0.05, 0) is 43.7 Å². The number of rotatable bonds is 3. The van der Waals surface area contributed by atoms with Gasteiger partial charge in [-0.15, -0.1) is 11.6 Å². The molecule has 0 aromatic heterocycles. The highest BCUT2D eigenvalue weighted by molar-refractivity contribution is 6.31. The highest BCUT2D eigenvalue weighted by atomic mass is 35.5. The van der Waals surface area contributed by atoms with E-state index in [4.69, 9.17) is 23.2 Å². The molecule has 0 N–H and O–H groups in total. The van der Waals surface area contributed by atoms with Crippen LogP contribution in [0.2, 0.25) is 5.02 Å². The highest BCUT2D eigenvalue weighted by Gasteiger charge is 2.20. The van der Waals surface area contributed by atoms with Crippen LogP contribution in [0, 0.1) is 6.92 Å². The molecule has 1 aliphatic heterocycles. The molecule has 1 aromatic rings. The van der Waals surface area contributed by atoms with Gasteiger partial charge in [0.05, 0.1) is 0 Å². The fourth-order valence-corrected chi connectivity index (χ4v) is 2.83. The zero-order valence-corrected chi connectivity index (χ0v) is 13.3. The van der Waals surface area contributed by atoms with E-state index in [2.05, 4.69) is 4.90 Å². The summed E-state index contributed by atoms with van der Waals surface area (Å²) in [6, 6.07) is 5.47. The summed E-state index contributed by atoms with van der Waals surface area (Å²) in [6.07, 6.45) is 0.995. The minimum absolute atomic E-state index is 0.0949. The van der Waals surface area contributed by atoms with Crippen LogP contribution in [0.1, 0.15) is 22.3 Å². The van der Waals surface area contributed by atoms with Gasteiger partial charge in [0.1, 0.15) is 0 Å². The molecule has 0 spiro atoms. The summed E-state index contributed by atoms with van der Waals surface area (Å²) in [5.74, 6) is 0.738. The van der Waals surface area contributed by atoms with Crippen LogP contribution in [0.5, 0.6) is 0 Å². The van der Waals surface area contributed by atoms with E-state index in [0.717, 1.165) is 50.3 Å². The molecular formula is C15H20Cl2N2O. The predicted octanol–water partition coefficient (Wildman–Crippen LogP) is 3.04. The van der Waals surface area contributed by atoms with E-state index in [9.17, 15) is 4.79 Å². The van der Waals surface area contributed by atoms with Crippen LogP contribution in [0.4, 0.5) is 0 Å². The Labute approximate surface area is 130 Å². The summed E-state index contributed by atoms with van der Waals surface area (Å²) in [5.41, 5.74) is 1.66. The molecule has 0 saturated carbocycles. The first-order valence-electron chi connectivity index (χ1n) is 6.95. The molecule has 5 heteroatoms. The molecule has 110 valence electrons. The fraction of sp³-hybridized carbons (Fsp3) is 0.533. The second-order valence-electron chi connectivity index (χ2n) is 5.14. The quantitative estimate of drug-likeness (QED) is 0.801. The Morgan fingerprint density at radius 1 is 1.25 bits per heavy atom. The van der Waals surface area contributed by atoms with Gasteiger partial charge in [0, 0.05) is 42.6 Å². The van der Waals surface area contributed by atoms with E-state index < -0.39 is 0 Å². The lowest BCUT2D eigenvalue weighted by molar-refractivity contribution is 0.0761. The first kappa shape index (κ1) is 15.6. The molecule has 0 atom stereocenters. The third-order valence-corrected chi connectivity index (χ3v) is 4.27. The first-order chi connectivity index (χ1) is 9.61. The molecule has 1 heterocycles. The van der Waals surface area contributed by atoms with Crippen molar-refractivity contribution in [3.63, 3.8) is 0 Å². The molecular weight excluding hydrogens is 295 g/mol. The van der Waals surface area contributed by atoms with E-state index in [1.54, 1.807) is 12.1 Å². The Kier molecular flexibility index (Phi) is 5.70. The van der Waals surface area contributed by atoms with Crippen LogP contribution >= 0.6 is 23.2 Å². The highest BCUT2D eigenvalue weighted by Crippen LogP contribution is 2.18. The van der Waals surface area contributed by atoms with E-state index in [0.29, 0.717) is 10.9 Å². The number of benzene rings is 1. The van der Waals surface area contributed by atoms with Gasteiger partial charge in [0.25, 0.3) is 5.91 Å². The van der Waals surface area contributed by atoms with Crippen molar-refractivity contribution in [2.45, 2.75) is 13.3 Å². The SMILES string of the molecule is Cc1cc(C(=O)N2CCCN(CCCl)CC2)ccc1Cl. The van der Waals surface area contributed by atoms with Crippen molar-refractivity contribution in [2.75, 3.05) is 38.6 Å². The first-order valence-corrected chi connectivity index (χ1v) is 7.87. The largest absolute Gasteiger partial charge is 0.337 e. The lowest BCUT2D eigenvalue weighted by Crippen LogP contribution is -2.35. The lowest BCUT2D eigenvalue weighted by atomic mass is 10.1. The van der Waals surface area contributed by atoms with Crippen LogP contribution in [0.3, 0.4) is 0 Å². The molecule has 0 bridgehead atoms. The Bertz CT molecular complexity index is 479. The molecule has 1 fully saturated rings. The second kappa shape index (κ2) is 7.30. The number of halogens is 2. The van der Waals surface area contributed by atoms with Gasteiger partial charge in [-0.2, -0.15) is 0 Å². The molecule has 3 nitrogen and oxygen atoms in total. The third-order valence-electron chi connectivity index (χ3n) is 3.68. The Morgan fingerprint density at radius 3 is 2.75 bits per heavy atom. The number of nitrogens with zero attached hydrogens (tertiary/aromatic N) is 2. The van der Waals surface area contributed by atoms with Crippen molar-refractivity contribution < 1.29 is 4.79 Å². The van der Waals surface area contributed by atoms with E-state index in [1.807, 2.05) is 17.9 Å². The van der Waals surface area contributed by atoms with E-state index in [-0.39, 0.29) is 5.91 Å². The van der Waals surface area contributed by atoms with Crippen molar-refractivity contribution >= 4 is 29.1 Å². The monoisotopic (exact) mass is 314 g/mol. The van der Waals surface area contributed by atoms with E-state index >= 15 is 0 Å². The minimum Gasteiger partial charge on any atom is -0.337 e. The summed E-state index contributed by atoms with van der Waals surface area (Å²) >= 11 is 11.8. The molecule has 1 aliphatic rings. The fourth-order valence-electron chi connectivity index (χ4n) is 2.48. The molecule has 2 rings (SSSR count). The number of hydrogen-bond donors (Lipinski definition) is 0. The summed E-state index contributed by atoms with van der Waals surface area (Å²) in [5, 5.41) is 0.700. The van der Waals surface area contributed by atoms with Gasteiger partial charge >= 0.3 is 0 Å². The maximum absolute atomic E-state index is 12.5. The van der Waals surface area contributed by atoms with Gasteiger partial charge in [-0.1, -0.05) is 11.6 Å². The number of hydrogen-bond acceptors (Lipinski definition) is 2. The van der Waals surface area contributed by atoms with Crippen LogP contribution in [-0.2, 0) is 0 Å². The number of carbonyl (C=O) groups is 1. The summed E-state index contributed by atoms with van der Waals surface area (Å²) in [6.45, 7) is 6.28. The summed E-state index contributed by atoms with van der Waals surface area (Å²) in [7, 11) is 0. The summed E-state index contributed by atoms with van der Waals surface area (Å²) in [4.78, 5) is 16.8. The zero-order chi connectivity index (χ0) is 14.5. The smallest absolute Gasteiger partial charge is 0.253 e. The van der Waals surface area contributed by atoms with Gasteiger partial charge in [0.15, 0.2) is 0 Å². The maximum atomic E-state index is 12.5. The van der Waals surface area contributed by atoms with Gasteiger partial charge < -0.3 is 9.80 Å². The molecule has 1 saturated heterocycles. The van der Waals surface area contributed by atoms with Gasteiger partial charge in [-0.25, -0.2) is 0 Å².